The first-order valence-electron chi connectivity index (χ1n) is 13.2. The highest BCUT2D eigenvalue weighted by Crippen LogP contribution is 2.42. The maximum Gasteiger partial charge on any atom is 0.415 e. The first-order chi connectivity index (χ1) is 18.7. The van der Waals surface area contributed by atoms with Gasteiger partial charge in [-0.3, -0.25) is 14.5 Å². The number of rotatable bonds is 8. The molecule has 1 aliphatic rings. The van der Waals surface area contributed by atoms with Gasteiger partial charge >= 0.3 is 6.09 Å². The average Bonchev–Trinajstić information content (AvgIpc) is 2.93. The molecule has 0 spiro atoms. The van der Waals surface area contributed by atoms with Crippen molar-refractivity contribution >= 4 is 29.4 Å². The molecule has 0 bridgehead atoms. The van der Waals surface area contributed by atoms with Crippen LogP contribution >= 0.6 is 11.6 Å². The highest BCUT2D eigenvalue weighted by Gasteiger charge is 2.48. The molecule has 2 atom stereocenters. The monoisotopic (exact) mass is 548 g/mol. The number of amides is 2. The number of aryl methyl sites for hydroxylation is 1. The van der Waals surface area contributed by atoms with Crippen LogP contribution < -0.4 is 9.88 Å². The quantitative estimate of drug-likeness (QED) is 0.384. The second-order valence-electron chi connectivity index (χ2n) is 10.2. The minimum absolute atomic E-state index is 0.0487. The van der Waals surface area contributed by atoms with Crippen molar-refractivity contribution in [3.63, 3.8) is 0 Å². The molecule has 1 N–H and O–H groups in total. The maximum atomic E-state index is 13.3. The largest absolute Gasteiger partial charge is 0.415 e. The van der Waals surface area contributed by atoms with Crippen molar-refractivity contribution < 1.29 is 23.7 Å². The highest BCUT2D eigenvalue weighted by molar-refractivity contribution is 6.31. The van der Waals surface area contributed by atoms with Gasteiger partial charge in [-0.2, -0.15) is 4.57 Å². The second kappa shape index (κ2) is 12.4. The summed E-state index contributed by atoms with van der Waals surface area (Å²) in [5.41, 5.74) is 2.24. The Balaban J connectivity index is 1.41. The Morgan fingerprint density at radius 3 is 2.56 bits per heavy atom. The van der Waals surface area contributed by atoms with E-state index in [0.29, 0.717) is 35.4 Å². The van der Waals surface area contributed by atoms with Crippen molar-refractivity contribution in [3.05, 3.63) is 100 Å². The van der Waals surface area contributed by atoms with Crippen LogP contribution in [0.2, 0.25) is 5.02 Å². The van der Waals surface area contributed by atoms with Crippen molar-refractivity contribution in [2.24, 2.45) is 0 Å². The summed E-state index contributed by atoms with van der Waals surface area (Å²) in [6.45, 7) is 3.89. The lowest BCUT2D eigenvalue weighted by Crippen LogP contribution is -2.55. The van der Waals surface area contributed by atoms with E-state index in [0.717, 1.165) is 18.4 Å². The smallest absolute Gasteiger partial charge is 0.388 e. The number of nitrogens with zero attached hydrogens (tertiary/aromatic N) is 2. The van der Waals surface area contributed by atoms with E-state index in [2.05, 4.69) is 29.6 Å². The predicted octanol–water partition coefficient (Wildman–Crippen LogP) is 5.36. The number of ketones is 1. The van der Waals surface area contributed by atoms with Crippen LogP contribution in [-0.2, 0) is 28.2 Å². The molecule has 1 aromatic heterocycles. The molecule has 3 aromatic rings. The van der Waals surface area contributed by atoms with Gasteiger partial charge in [0.2, 0.25) is 0 Å². The van der Waals surface area contributed by atoms with Crippen molar-refractivity contribution in [2.75, 3.05) is 7.05 Å². The lowest BCUT2D eigenvalue weighted by molar-refractivity contribution is -0.727. The molecule has 1 heterocycles. The third-order valence-electron chi connectivity index (χ3n) is 7.32. The summed E-state index contributed by atoms with van der Waals surface area (Å²) >= 11 is 6.50. The van der Waals surface area contributed by atoms with Crippen LogP contribution in [0.25, 0.3) is 0 Å². The fraction of sp³-hybridized carbons (Fsp3) is 0.355. The molecule has 1 fully saturated rings. The maximum absolute atomic E-state index is 13.3. The molecule has 1 aliphatic carbocycles. The van der Waals surface area contributed by atoms with E-state index in [1.165, 1.54) is 10.5 Å². The van der Waals surface area contributed by atoms with Gasteiger partial charge in [0.25, 0.3) is 12.6 Å². The van der Waals surface area contributed by atoms with Gasteiger partial charge in [0, 0.05) is 36.2 Å². The van der Waals surface area contributed by atoms with Gasteiger partial charge in [0.15, 0.2) is 18.2 Å². The predicted molar refractivity (Wildman–Crippen MR) is 149 cm³/mol. The van der Waals surface area contributed by atoms with Crippen molar-refractivity contribution in [2.45, 2.75) is 64.3 Å². The summed E-state index contributed by atoms with van der Waals surface area (Å²) in [4.78, 5) is 40.8. The van der Waals surface area contributed by atoms with Crippen molar-refractivity contribution in [1.82, 2.24) is 10.2 Å². The molecule has 4 rings (SSSR count). The number of carbonyl (C=O) groups is 3. The third-order valence-corrected chi connectivity index (χ3v) is 7.65. The van der Waals surface area contributed by atoms with E-state index in [-0.39, 0.29) is 24.5 Å². The Bertz CT molecular complexity index is 1340. The van der Waals surface area contributed by atoms with Crippen LogP contribution in [0.1, 0.15) is 59.7 Å². The number of nitrogens with one attached hydrogen (secondary N) is 1. The van der Waals surface area contributed by atoms with Gasteiger partial charge in [-0.1, -0.05) is 59.6 Å². The SMILES string of the molecule is Cc1ccc(C[C@@H](C)NC(=O)c2ccc[n+](COC(=O)N(C)C3(c4ccccc4Cl)CCCCC3=O)c2)cc1. The number of Topliss-reactive ketones (excluding diaryl/α,β-unsaturated/α-hetero) is 1. The highest BCUT2D eigenvalue weighted by atomic mass is 35.5. The third kappa shape index (κ3) is 6.48. The van der Waals surface area contributed by atoms with Crippen LogP contribution in [0.3, 0.4) is 0 Å². The van der Waals surface area contributed by atoms with E-state index in [1.807, 2.05) is 19.9 Å². The number of ether oxygens (including phenoxy) is 1. The summed E-state index contributed by atoms with van der Waals surface area (Å²) in [5, 5.41) is 3.47. The number of hydrogen-bond acceptors (Lipinski definition) is 4. The minimum Gasteiger partial charge on any atom is -0.388 e. The summed E-state index contributed by atoms with van der Waals surface area (Å²) in [5.74, 6) is -0.259. The first kappa shape index (κ1) is 28.3. The number of benzene rings is 2. The number of pyridine rings is 1. The van der Waals surface area contributed by atoms with Gasteiger partial charge < -0.3 is 10.1 Å². The first-order valence-corrected chi connectivity index (χ1v) is 13.6. The Morgan fingerprint density at radius 1 is 1.10 bits per heavy atom. The number of carbonyl (C=O) groups excluding carboxylic acids is 3. The molecular formula is C31H35ClN3O4+. The minimum atomic E-state index is -1.17. The Morgan fingerprint density at radius 2 is 1.85 bits per heavy atom. The van der Waals surface area contributed by atoms with E-state index in [1.54, 1.807) is 54.3 Å². The van der Waals surface area contributed by atoms with Gasteiger partial charge in [0.05, 0.1) is 0 Å². The average molecular weight is 549 g/mol. The Kier molecular flexibility index (Phi) is 9.02. The van der Waals surface area contributed by atoms with E-state index < -0.39 is 11.6 Å². The van der Waals surface area contributed by atoms with Gasteiger partial charge in [-0.25, -0.2) is 4.79 Å². The van der Waals surface area contributed by atoms with Gasteiger partial charge in [0.1, 0.15) is 11.1 Å². The molecule has 7 nitrogen and oxygen atoms in total. The fourth-order valence-corrected chi connectivity index (χ4v) is 5.48. The van der Waals surface area contributed by atoms with Gasteiger partial charge in [-0.05, 0) is 57.2 Å². The summed E-state index contributed by atoms with van der Waals surface area (Å²) < 4.78 is 7.23. The summed E-state index contributed by atoms with van der Waals surface area (Å²) in [6.07, 6.45) is 5.85. The molecule has 0 saturated heterocycles. The van der Waals surface area contributed by atoms with Crippen LogP contribution in [0.5, 0.6) is 0 Å². The van der Waals surface area contributed by atoms with E-state index >= 15 is 0 Å². The molecule has 1 unspecified atom stereocenters. The Labute approximate surface area is 234 Å². The number of likely N-dealkylation sites (N-methyl/N-ethyl adjacent to an activating group) is 1. The second-order valence-corrected chi connectivity index (χ2v) is 10.6. The topological polar surface area (TPSA) is 79.6 Å². The van der Waals surface area contributed by atoms with Gasteiger partial charge in [-0.15, -0.1) is 0 Å². The molecular weight excluding hydrogens is 514 g/mol. The molecule has 2 aromatic carbocycles. The lowest BCUT2D eigenvalue weighted by atomic mass is 9.74. The molecule has 0 aliphatic heterocycles. The summed E-state index contributed by atoms with van der Waals surface area (Å²) in [6, 6.07) is 18.8. The number of aromatic nitrogens is 1. The summed E-state index contributed by atoms with van der Waals surface area (Å²) in [7, 11) is 1.58. The zero-order valence-electron chi connectivity index (χ0n) is 22.7. The number of hydrogen-bond donors (Lipinski definition) is 1. The molecule has 1 saturated carbocycles. The van der Waals surface area contributed by atoms with Crippen molar-refractivity contribution in [3.8, 4) is 0 Å². The van der Waals surface area contributed by atoms with Crippen LogP contribution in [0.4, 0.5) is 4.79 Å². The molecule has 8 heteroatoms. The number of halogens is 1. The molecule has 204 valence electrons. The fourth-order valence-electron chi connectivity index (χ4n) is 5.18. The van der Waals surface area contributed by atoms with Crippen molar-refractivity contribution in [1.29, 1.82) is 0 Å². The zero-order chi connectivity index (χ0) is 28.0. The normalized spacial score (nSPS) is 17.8. The zero-order valence-corrected chi connectivity index (χ0v) is 23.4. The van der Waals surface area contributed by atoms with E-state index in [4.69, 9.17) is 16.3 Å². The molecule has 2 amide bonds. The lowest BCUT2D eigenvalue weighted by Gasteiger charge is -2.43. The van der Waals surface area contributed by atoms with Crippen LogP contribution in [-0.4, -0.2) is 35.8 Å². The molecule has 39 heavy (non-hydrogen) atoms. The van der Waals surface area contributed by atoms with E-state index in [9.17, 15) is 14.4 Å². The van der Waals surface area contributed by atoms with Crippen LogP contribution in [0.15, 0.2) is 73.1 Å². The van der Waals surface area contributed by atoms with Crippen LogP contribution in [0, 0.1) is 6.92 Å². The standard InChI is InChI=1S/C31H34ClN3O4/c1-22-13-15-24(16-14-22)19-23(2)33-29(37)25-9-8-18-35(20-25)21-39-30(38)34(3)31(17-7-6-12-28(31)36)26-10-4-5-11-27(26)32/h4-5,8-11,13-16,18,20,23H,6-7,12,17,19,21H2,1-3H3/p+1/t23-,31?/m1/s1. The molecule has 0 radical (unpaired) electrons. The Hall–Kier alpha value is -3.71.